The molecule has 0 aromatic carbocycles. The molecule has 5 heterocycles. The van der Waals surface area contributed by atoms with Crippen molar-refractivity contribution in [3.8, 4) is 22.8 Å². The van der Waals surface area contributed by atoms with Crippen LogP contribution in [0.4, 0.5) is 11.8 Å². The zero-order valence-corrected chi connectivity index (χ0v) is 17.5. The summed E-state index contributed by atoms with van der Waals surface area (Å²) in [6.07, 6.45) is 3.78. The summed E-state index contributed by atoms with van der Waals surface area (Å²) in [5.74, 6) is 0.699. The summed E-state index contributed by atoms with van der Waals surface area (Å²) in [6, 6.07) is 10.8. The molecule has 1 fully saturated rings. The Hall–Kier alpha value is -4.12. The molecule has 0 bridgehead atoms. The zero-order valence-electron chi connectivity index (χ0n) is 17.5. The number of carbonyl (C=O) groups is 1. The van der Waals surface area contributed by atoms with Gasteiger partial charge in [-0.2, -0.15) is 10.2 Å². The van der Waals surface area contributed by atoms with Crippen molar-refractivity contribution in [1.29, 1.82) is 0 Å². The van der Waals surface area contributed by atoms with Crippen LogP contribution < -0.4 is 5.32 Å². The molecule has 1 atom stereocenters. The van der Waals surface area contributed by atoms with Crippen molar-refractivity contribution in [1.82, 2.24) is 39.8 Å². The molecule has 1 aliphatic rings. The Balaban J connectivity index is 1.42. The maximum absolute atomic E-state index is 12.4. The number of rotatable bonds is 5. The van der Waals surface area contributed by atoms with Gasteiger partial charge in [0, 0.05) is 45.5 Å². The van der Waals surface area contributed by atoms with E-state index in [4.69, 9.17) is 0 Å². The second-order valence-corrected chi connectivity index (χ2v) is 7.68. The van der Waals surface area contributed by atoms with Gasteiger partial charge in [-0.15, -0.1) is 0 Å². The summed E-state index contributed by atoms with van der Waals surface area (Å²) in [6.45, 7) is 0.486. The van der Waals surface area contributed by atoms with E-state index in [9.17, 15) is 9.90 Å². The Kier molecular flexibility index (Phi) is 4.67. The topological polar surface area (TPSA) is 138 Å². The van der Waals surface area contributed by atoms with Gasteiger partial charge in [0.25, 0.3) is 5.91 Å². The summed E-state index contributed by atoms with van der Waals surface area (Å²) in [5, 5.41) is 25.2. The van der Waals surface area contributed by atoms with Gasteiger partial charge in [0.1, 0.15) is 5.69 Å². The molecule has 1 amide bonds. The van der Waals surface area contributed by atoms with Crippen LogP contribution in [0.2, 0.25) is 0 Å². The Bertz CT molecular complexity index is 1300. The highest BCUT2D eigenvalue weighted by atomic mass is 16.3. The van der Waals surface area contributed by atoms with Gasteiger partial charge in [0.2, 0.25) is 5.95 Å². The first kappa shape index (κ1) is 19.8. The van der Waals surface area contributed by atoms with Crippen LogP contribution in [0.15, 0.2) is 48.8 Å². The van der Waals surface area contributed by atoms with Crippen LogP contribution in [0.1, 0.15) is 12.1 Å². The second kappa shape index (κ2) is 7.54. The Morgan fingerprint density at radius 3 is 2.59 bits per heavy atom. The molecule has 0 unspecified atom stereocenters. The highest BCUT2D eigenvalue weighted by Gasteiger charge is 2.46. The molecular weight excluding hydrogens is 410 g/mol. The van der Waals surface area contributed by atoms with Gasteiger partial charge in [0.15, 0.2) is 11.4 Å². The molecule has 5 rings (SSSR count). The van der Waals surface area contributed by atoms with Crippen LogP contribution in [0.5, 0.6) is 0 Å². The van der Waals surface area contributed by atoms with E-state index in [-0.39, 0.29) is 5.91 Å². The first-order valence-corrected chi connectivity index (χ1v) is 10.0. The van der Waals surface area contributed by atoms with E-state index in [1.165, 1.54) is 4.90 Å². The lowest BCUT2D eigenvalue weighted by Crippen LogP contribution is -2.36. The van der Waals surface area contributed by atoms with Crippen LogP contribution in [0.3, 0.4) is 0 Å². The lowest BCUT2D eigenvalue weighted by atomic mass is 9.97. The smallest absolute Gasteiger partial charge is 0.260 e. The minimum atomic E-state index is -1.59. The lowest BCUT2D eigenvalue weighted by molar-refractivity contribution is -0.143. The number of nitrogens with zero attached hydrogens (tertiary/aromatic N) is 7. The number of anilines is 2. The van der Waals surface area contributed by atoms with Crippen molar-refractivity contribution in [2.75, 3.05) is 18.9 Å². The maximum Gasteiger partial charge on any atom is 0.260 e. The van der Waals surface area contributed by atoms with Gasteiger partial charge in [-0.25, -0.2) is 15.0 Å². The van der Waals surface area contributed by atoms with Crippen LogP contribution in [-0.4, -0.2) is 64.4 Å². The van der Waals surface area contributed by atoms with Gasteiger partial charge in [0.05, 0.1) is 22.8 Å². The van der Waals surface area contributed by atoms with Gasteiger partial charge >= 0.3 is 0 Å². The molecule has 3 N–H and O–H groups in total. The first-order chi connectivity index (χ1) is 15.4. The molecule has 0 spiro atoms. The Morgan fingerprint density at radius 2 is 1.88 bits per heavy atom. The predicted molar refractivity (Wildman–Crippen MR) is 115 cm³/mol. The number of aromatic amines is 1. The van der Waals surface area contributed by atoms with E-state index in [1.54, 1.807) is 30.1 Å². The number of likely N-dealkylation sites (tertiary alicyclic amines) is 1. The highest BCUT2D eigenvalue weighted by Crippen LogP contribution is 2.33. The molecule has 1 saturated heterocycles. The lowest BCUT2D eigenvalue weighted by Gasteiger charge is -2.18. The van der Waals surface area contributed by atoms with Crippen molar-refractivity contribution in [3.63, 3.8) is 0 Å². The predicted octanol–water partition coefficient (Wildman–Crippen LogP) is 1.46. The summed E-state index contributed by atoms with van der Waals surface area (Å²) in [5.41, 5.74) is 1.15. The first-order valence-electron chi connectivity index (χ1n) is 10.0. The number of likely N-dealkylation sites (N-methyl/N-ethyl adjacent to an activating group) is 1. The van der Waals surface area contributed by atoms with Crippen LogP contribution >= 0.6 is 0 Å². The normalized spacial score (nSPS) is 18.3. The summed E-state index contributed by atoms with van der Waals surface area (Å²) < 4.78 is 1.68. The number of aryl methyl sites for hydroxylation is 1. The molecule has 0 aliphatic carbocycles. The van der Waals surface area contributed by atoms with Crippen molar-refractivity contribution in [3.05, 3.63) is 54.5 Å². The average molecular weight is 431 g/mol. The summed E-state index contributed by atoms with van der Waals surface area (Å²) >= 11 is 0. The minimum Gasteiger partial charge on any atom is -0.374 e. The quantitative estimate of drug-likeness (QED) is 0.432. The zero-order chi connectivity index (χ0) is 22.3. The summed E-state index contributed by atoms with van der Waals surface area (Å²) in [4.78, 5) is 27.3. The highest BCUT2D eigenvalue weighted by molar-refractivity contribution is 5.88. The van der Waals surface area contributed by atoms with Crippen LogP contribution in [0, 0.1) is 0 Å². The monoisotopic (exact) mass is 431 g/mol. The number of pyridine rings is 1. The van der Waals surface area contributed by atoms with Gasteiger partial charge in [-0.05, 0) is 24.3 Å². The number of carbonyl (C=O) groups excluding carboxylic acids is 1. The van der Waals surface area contributed by atoms with Gasteiger partial charge in [-0.3, -0.25) is 14.6 Å². The Labute approximate surface area is 183 Å². The summed E-state index contributed by atoms with van der Waals surface area (Å²) in [7, 11) is 3.50. The van der Waals surface area contributed by atoms with E-state index in [0.717, 1.165) is 0 Å². The van der Waals surface area contributed by atoms with Crippen LogP contribution in [0.25, 0.3) is 22.8 Å². The molecule has 1 aliphatic heterocycles. The van der Waals surface area contributed by atoms with E-state index < -0.39 is 5.60 Å². The number of aliphatic hydroxyl groups is 1. The van der Waals surface area contributed by atoms with E-state index >= 15 is 0 Å². The van der Waals surface area contributed by atoms with Crippen LogP contribution in [-0.2, 0) is 17.4 Å². The third-order valence-electron chi connectivity index (χ3n) is 5.42. The second-order valence-electron chi connectivity index (χ2n) is 7.68. The van der Waals surface area contributed by atoms with E-state index in [0.29, 0.717) is 53.2 Å². The third kappa shape index (κ3) is 3.48. The molecule has 4 aromatic heterocycles. The molecule has 11 nitrogen and oxygen atoms in total. The van der Waals surface area contributed by atoms with Crippen molar-refractivity contribution in [2.24, 2.45) is 7.05 Å². The molecule has 162 valence electrons. The largest absolute Gasteiger partial charge is 0.374 e. The standard InChI is InChI=1S/C21H21N9O2/c1-29-11-8-21(32,19(29)31)17-12-16(26-27-17)14-5-3-4-13(23-14)15-6-9-22-20(24-15)25-18-7-10-30(2)28-18/h3-7,9-10,12,32H,8,11H2,1-2H3,(H,26,27)(H,22,24,25,28)/t21-/m1/s1. The molecule has 32 heavy (non-hydrogen) atoms. The molecular formula is C21H21N9O2. The number of H-pyrrole nitrogens is 1. The number of nitrogens with one attached hydrogen (secondary N) is 2. The van der Waals surface area contributed by atoms with Crippen molar-refractivity contribution in [2.45, 2.75) is 12.0 Å². The van der Waals surface area contributed by atoms with Crippen molar-refractivity contribution < 1.29 is 9.90 Å². The van der Waals surface area contributed by atoms with E-state index in [1.807, 2.05) is 37.5 Å². The molecule has 11 heteroatoms. The fourth-order valence-corrected chi connectivity index (χ4v) is 3.65. The van der Waals surface area contributed by atoms with Gasteiger partial charge in [-0.1, -0.05) is 6.07 Å². The number of amides is 1. The Morgan fingerprint density at radius 1 is 1.09 bits per heavy atom. The average Bonchev–Trinajstić information content (AvgIpc) is 3.52. The van der Waals surface area contributed by atoms with Crippen molar-refractivity contribution >= 4 is 17.7 Å². The fourth-order valence-electron chi connectivity index (χ4n) is 3.65. The third-order valence-corrected chi connectivity index (χ3v) is 5.42. The van der Waals surface area contributed by atoms with E-state index in [2.05, 4.69) is 35.6 Å². The molecule has 0 radical (unpaired) electrons. The number of aromatic nitrogens is 7. The SMILES string of the molecule is CN1CC[C@@](O)(c2cc(-c3cccc(-c4ccnc(Nc5ccn(C)n5)n4)n3)n[nH]2)C1=O. The number of hydrogen-bond donors (Lipinski definition) is 3. The molecule has 4 aromatic rings. The maximum atomic E-state index is 12.4. The number of hydrogen-bond acceptors (Lipinski definition) is 8. The van der Waals surface area contributed by atoms with Gasteiger partial charge < -0.3 is 15.3 Å². The minimum absolute atomic E-state index is 0.310. The fraction of sp³-hybridized carbons (Fsp3) is 0.238. The molecule has 0 saturated carbocycles.